The Balaban J connectivity index is 1.56. The van der Waals surface area contributed by atoms with E-state index in [1.54, 1.807) is 4.68 Å². The molecule has 2 unspecified atom stereocenters. The fourth-order valence-corrected chi connectivity index (χ4v) is 6.40. The number of rotatable bonds is 14. The van der Waals surface area contributed by atoms with Gasteiger partial charge in [-0.15, -0.1) is 5.10 Å². The Bertz CT molecular complexity index is 1350. The predicted octanol–water partition coefficient (Wildman–Crippen LogP) is 5.85. The third-order valence-electron chi connectivity index (χ3n) is 8.56. The van der Waals surface area contributed by atoms with Crippen LogP contribution in [-0.4, -0.2) is 57.0 Å². The lowest BCUT2D eigenvalue weighted by atomic mass is 9.88. The maximum absolute atomic E-state index is 14.1. The minimum atomic E-state index is -0.383. The number of carbonyl (C=O) groups is 2. The Labute approximate surface area is 250 Å². The molecule has 1 aromatic heterocycles. The van der Waals surface area contributed by atoms with E-state index in [1.807, 2.05) is 31.4 Å². The first-order valence-electron chi connectivity index (χ1n) is 15.4. The molecule has 2 atom stereocenters. The molecule has 4 rings (SSSR count). The van der Waals surface area contributed by atoms with Crippen LogP contribution in [0, 0.1) is 13.8 Å². The lowest BCUT2D eigenvalue weighted by molar-refractivity contribution is -0.959. The van der Waals surface area contributed by atoms with Gasteiger partial charge in [0.1, 0.15) is 12.6 Å². The topological polar surface area (TPSA) is 83.3 Å². The molecule has 0 bridgehead atoms. The van der Waals surface area contributed by atoms with E-state index >= 15 is 0 Å². The van der Waals surface area contributed by atoms with Gasteiger partial charge < -0.3 is 14.0 Å². The van der Waals surface area contributed by atoms with Crippen LogP contribution in [0.5, 0.6) is 11.5 Å². The van der Waals surface area contributed by atoms with Crippen molar-refractivity contribution in [3.63, 3.8) is 0 Å². The molecule has 0 amide bonds. The summed E-state index contributed by atoms with van der Waals surface area (Å²) >= 11 is 0. The van der Waals surface area contributed by atoms with Crippen molar-refractivity contribution in [2.24, 2.45) is 7.05 Å². The highest BCUT2D eigenvalue weighted by molar-refractivity contribution is 5.85. The number of Topliss-reactive ketones (excluding diaryl/α,β-unsaturated/α-hetero) is 1. The van der Waals surface area contributed by atoms with Crippen molar-refractivity contribution < 1.29 is 23.5 Å². The Hall–Kier alpha value is -3.52. The summed E-state index contributed by atoms with van der Waals surface area (Å²) in [5, 5.41) is 8.13. The van der Waals surface area contributed by atoms with Crippen LogP contribution in [0.15, 0.2) is 42.6 Å². The number of hydrogen-bond acceptors (Lipinski definition) is 6. The number of unbranched alkanes of at least 4 members (excludes halogenated alkanes) is 1. The first-order valence-corrected chi connectivity index (χ1v) is 15.4. The number of ether oxygens (including phenoxy) is 2. The highest BCUT2D eigenvalue weighted by Gasteiger charge is 2.43. The van der Waals surface area contributed by atoms with Gasteiger partial charge in [0.25, 0.3) is 0 Å². The SMILES string of the molecule is CCCC[N+]1(Cc2ccc(OC(C)=O)c(OCCCc3cn(C)nn3)c2)CCCCC1C(=O)Cc1c(C)cccc1C. The van der Waals surface area contributed by atoms with E-state index in [0.29, 0.717) is 30.3 Å². The summed E-state index contributed by atoms with van der Waals surface area (Å²) in [6.45, 7) is 11.0. The van der Waals surface area contributed by atoms with Crippen molar-refractivity contribution in [3.05, 3.63) is 70.5 Å². The van der Waals surface area contributed by atoms with E-state index in [4.69, 9.17) is 9.47 Å². The average Bonchev–Trinajstić information content (AvgIpc) is 3.38. The van der Waals surface area contributed by atoms with Crippen molar-refractivity contribution in [3.8, 4) is 11.5 Å². The Morgan fingerprint density at radius 3 is 2.55 bits per heavy atom. The first kappa shape index (κ1) is 31.4. The quantitative estimate of drug-likeness (QED) is 0.104. The first-order chi connectivity index (χ1) is 20.2. The van der Waals surface area contributed by atoms with E-state index in [-0.39, 0.29) is 12.0 Å². The molecule has 1 saturated heterocycles. The lowest BCUT2D eigenvalue weighted by Crippen LogP contribution is -2.61. The molecule has 2 heterocycles. The molecule has 0 aliphatic carbocycles. The molecule has 0 N–H and O–H groups in total. The van der Waals surface area contributed by atoms with Gasteiger partial charge in [-0.1, -0.05) is 36.8 Å². The van der Waals surface area contributed by atoms with Gasteiger partial charge in [-0.2, -0.15) is 0 Å². The summed E-state index contributed by atoms with van der Waals surface area (Å²) in [6, 6.07) is 12.1. The minimum absolute atomic E-state index is 0.0335. The zero-order chi connectivity index (χ0) is 30.1. The van der Waals surface area contributed by atoms with Crippen LogP contribution < -0.4 is 9.47 Å². The standard InChI is InChI=1S/C34H47N4O4/c1-6-7-18-38(19-9-8-15-31(38)32(40)22-30-25(2)12-10-13-26(30)3)24-28-16-17-33(42-27(4)39)34(21-28)41-20-11-14-29-23-37(5)36-35-29/h10,12-13,16-17,21,23,31H,6-9,11,14-15,18-20,22,24H2,1-5H3/q+1. The minimum Gasteiger partial charge on any atom is -0.490 e. The van der Waals surface area contributed by atoms with Crippen molar-refractivity contribution in [2.75, 3.05) is 19.7 Å². The number of benzene rings is 2. The van der Waals surface area contributed by atoms with Gasteiger partial charge >= 0.3 is 5.97 Å². The molecule has 8 nitrogen and oxygen atoms in total. The molecular formula is C34H47N4O4+. The predicted molar refractivity (Wildman–Crippen MR) is 163 cm³/mol. The molecule has 42 heavy (non-hydrogen) atoms. The van der Waals surface area contributed by atoms with E-state index < -0.39 is 0 Å². The molecule has 1 aliphatic heterocycles. The number of ketones is 1. The normalized spacial score (nSPS) is 18.5. The van der Waals surface area contributed by atoms with Gasteiger partial charge in [-0.25, -0.2) is 0 Å². The second kappa shape index (κ2) is 14.6. The van der Waals surface area contributed by atoms with Crippen molar-refractivity contribution in [1.29, 1.82) is 0 Å². The van der Waals surface area contributed by atoms with Crippen molar-refractivity contribution in [2.45, 2.75) is 91.6 Å². The van der Waals surface area contributed by atoms with Gasteiger partial charge in [-0.05, 0) is 80.8 Å². The number of nitrogens with zero attached hydrogens (tertiary/aromatic N) is 4. The number of aromatic nitrogens is 3. The maximum Gasteiger partial charge on any atom is 0.308 e. The molecule has 1 fully saturated rings. The smallest absolute Gasteiger partial charge is 0.308 e. The van der Waals surface area contributed by atoms with Crippen molar-refractivity contribution >= 4 is 11.8 Å². The summed E-state index contributed by atoms with van der Waals surface area (Å²) in [5.74, 6) is 0.949. The molecular weight excluding hydrogens is 528 g/mol. The van der Waals surface area contributed by atoms with Gasteiger partial charge in [0.2, 0.25) is 0 Å². The summed E-state index contributed by atoms with van der Waals surface area (Å²) in [7, 11) is 1.85. The van der Waals surface area contributed by atoms with Crippen LogP contribution in [0.25, 0.3) is 0 Å². The highest BCUT2D eigenvalue weighted by atomic mass is 16.6. The molecule has 0 saturated carbocycles. The Kier molecular flexibility index (Phi) is 10.9. The third kappa shape index (κ3) is 8.06. The van der Waals surface area contributed by atoms with E-state index in [2.05, 4.69) is 49.3 Å². The summed E-state index contributed by atoms with van der Waals surface area (Å²) < 4.78 is 14.1. The number of hydrogen-bond donors (Lipinski definition) is 0. The molecule has 0 radical (unpaired) electrons. The van der Waals surface area contributed by atoms with Crippen LogP contribution in [0.2, 0.25) is 0 Å². The van der Waals surface area contributed by atoms with Gasteiger partial charge in [0.15, 0.2) is 17.3 Å². The molecule has 2 aromatic carbocycles. The van der Waals surface area contributed by atoms with Gasteiger partial charge in [-0.3, -0.25) is 14.3 Å². The monoisotopic (exact) mass is 575 g/mol. The third-order valence-corrected chi connectivity index (χ3v) is 8.56. The van der Waals surface area contributed by atoms with Crippen LogP contribution in [0.4, 0.5) is 0 Å². The fraction of sp³-hybridized carbons (Fsp3) is 0.529. The fourth-order valence-electron chi connectivity index (χ4n) is 6.40. The van der Waals surface area contributed by atoms with Gasteiger partial charge in [0, 0.05) is 38.6 Å². The number of quaternary nitrogens is 1. The van der Waals surface area contributed by atoms with Crippen LogP contribution in [0.3, 0.4) is 0 Å². The van der Waals surface area contributed by atoms with E-state index in [0.717, 1.165) is 80.3 Å². The van der Waals surface area contributed by atoms with Gasteiger partial charge in [0.05, 0.1) is 25.4 Å². The van der Waals surface area contributed by atoms with Crippen molar-refractivity contribution in [1.82, 2.24) is 15.0 Å². The Morgan fingerprint density at radius 1 is 1.07 bits per heavy atom. The summed E-state index contributed by atoms with van der Waals surface area (Å²) in [4.78, 5) is 25.9. The highest BCUT2D eigenvalue weighted by Crippen LogP contribution is 2.35. The zero-order valence-electron chi connectivity index (χ0n) is 26.0. The lowest BCUT2D eigenvalue weighted by Gasteiger charge is -2.47. The number of aryl methyl sites for hydroxylation is 4. The maximum atomic E-state index is 14.1. The summed E-state index contributed by atoms with van der Waals surface area (Å²) in [5.41, 5.74) is 5.56. The molecule has 8 heteroatoms. The molecule has 3 aromatic rings. The second-order valence-corrected chi connectivity index (χ2v) is 11.9. The van der Waals surface area contributed by atoms with E-state index in [1.165, 1.54) is 23.6 Å². The van der Waals surface area contributed by atoms with Crippen LogP contribution >= 0.6 is 0 Å². The summed E-state index contributed by atoms with van der Waals surface area (Å²) in [6.07, 6.45) is 9.18. The number of piperidine rings is 1. The average molecular weight is 576 g/mol. The molecule has 1 aliphatic rings. The Morgan fingerprint density at radius 2 is 1.86 bits per heavy atom. The number of esters is 1. The molecule has 0 spiro atoms. The second-order valence-electron chi connectivity index (χ2n) is 11.9. The number of carbonyl (C=O) groups excluding carboxylic acids is 2. The zero-order valence-corrected chi connectivity index (χ0v) is 26.0. The largest absolute Gasteiger partial charge is 0.490 e. The molecule has 226 valence electrons. The number of likely N-dealkylation sites (tertiary alicyclic amines) is 1. The van der Waals surface area contributed by atoms with E-state index in [9.17, 15) is 9.59 Å². The van der Waals surface area contributed by atoms with Crippen LogP contribution in [-0.2, 0) is 36.0 Å². The van der Waals surface area contributed by atoms with Crippen LogP contribution in [0.1, 0.15) is 80.3 Å².